The number of hydrogen-bond acceptors (Lipinski definition) is 6. The molecule has 0 radical (unpaired) electrons. The Kier molecular flexibility index (Phi) is 4.59. The standard InChI is InChI=1S/C18H18N4O3S/c1-18(2,3)13-5-4-10(7-20-13)14-12(6-19)15(23)22-8-11(16(24)25)9-26-17(22)21-14/h4-5,7,11H,8-9H2,1-3H3,(H,24,25). The number of aromatic nitrogens is 3. The van der Waals surface area contributed by atoms with Crippen LogP contribution >= 0.6 is 11.8 Å². The molecule has 7 nitrogen and oxygen atoms in total. The fourth-order valence-corrected chi connectivity index (χ4v) is 3.76. The van der Waals surface area contributed by atoms with Crippen molar-refractivity contribution in [1.29, 1.82) is 5.26 Å². The Balaban J connectivity index is 2.10. The Labute approximate surface area is 154 Å². The fourth-order valence-electron chi connectivity index (χ4n) is 2.69. The molecular weight excluding hydrogens is 352 g/mol. The number of fused-ring (bicyclic) bond motifs is 1. The molecule has 1 atom stereocenters. The minimum Gasteiger partial charge on any atom is -0.481 e. The first-order chi connectivity index (χ1) is 12.2. The fraction of sp³-hybridized carbons (Fsp3) is 0.389. The molecule has 0 aromatic carbocycles. The van der Waals surface area contributed by atoms with E-state index in [1.54, 1.807) is 12.3 Å². The van der Waals surface area contributed by atoms with Gasteiger partial charge in [-0.1, -0.05) is 32.5 Å². The molecule has 1 N–H and O–H groups in total. The van der Waals surface area contributed by atoms with E-state index in [1.807, 2.05) is 12.1 Å². The second-order valence-electron chi connectivity index (χ2n) is 7.17. The summed E-state index contributed by atoms with van der Waals surface area (Å²) in [5.74, 6) is -1.29. The molecule has 3 heterocycles. The van der Waals surface area contributed by atoms with Gasteiger partial charge in [-0.05, 0) is 12.1 Å². The molecule has 1 aliphatic heterocycles. The van der Waals surface area contributed by atoms with Gasteiger partial charge >= 0.3 is 5.97 Å². The van der Waals surface area contributed by atoms with Gasteiger partial charge in [0.05, 0.1) is 11.6 Å². The van der Waals surface area contributed by atoms with Crippen molar-refractivity contribution >= 4 is 17.7 Å². The zero-order chi connectivity index (χ0) is 19.1. The highest BCUT2D eigenvalue weighted by Crippen LogP contribution is 2.29. The molecule has 2 aromatic heterocycles. The van der Waals surface area contributed by atoms with E-state index in [0.717, 1.165) is 5.69 Å². The summed E-state index contributed by atoms with van der Waals surface area (Å²) in [7, 11) is 0. The zero-order valence-corrected chi connectivity index (χ0v) is 15.5. The predicted octanol–water partition coefficient (Wildman–Crippen LogP) is 2.28. The molecule has 0 bridgehead atoms. The third kappa shape index (κ3) is 3.22. The summed E-state index contributed by atoms with van der Waals surface area (Å²) in [6.07, 6.45) is 1.62. The molecule has 2 aromatic rings. The Morgan fingerprint density at radius 3 is 2.69 bits per heavy atom. The van der Waals surface area contributed by atoms with Crippen molar-refractivity contribution in [3.05, 3.63) is 39.9 Å². The van der Waals surface area contributed by atoms with Gasteiger partial charge in [0.15, 0.2) is 5.16 Å². The SMILES string of the molecule is CC(C)(C)c1ccc(-c2nc3n(c(=O)c2C#N)CC(C(=O)O)CS3)cn1. The molecule has 0 spiro atoms. The Morgan fingerprint density at radius 2 is 2.15 bits per heavy atom. The molecule has 0 amide bonds. The van der Waals surface area contributed by atoms with E-state index in [-0.39, 0.29) is 23.2 Å². The highest BCUT2D eigenvalue weighted by atomic mass is 32.2. The molecule has 134 valence electrons. The first-order valence-corrected chi connectivity index (χ1v) is 9.08. The summed E-state index contributed by atoms with van der Waals surface area (Å²) in [6, 6.07) is 5.59. The quantitative estimate of drug-likeness (QED) is 0.808. The van der Waals surface area contributed by atoms with Crippen molar-refractivity contribution < 1.29 is 9.90 Å². The molecule has 3 rings (SSSR count). The van der Waals surface area contributed by atoms with E-state index in [9.17, 15) is 20.0 Å². The normalized spacial score (nSPS) is 16.6. The van der Waals surface area contributed by atoms with Gasteiger partial charge in [-0.3, -0.25) is 19.1 Å². The number of pyridine rings is 1. The van der Waals surface area contributed by atoms with Crippen LogP contribution in [0, 0.1) is 17.2 Å². The maximum atomic E-state index is 12.7. The lowest BCUT2D eigenvalue weighted by Gasteiger charge is -2.23. The van der Waals surface area contributed by atoms with Gasteiger partial charge in [-0.2, -0.15) is 5.26 Å². The summed E-state index contributed by atoms with van der Waals surface area (Å²) in [5, 5.41) is 19.1. The van der Waals surface area contributed by atoms with Crippen molar-refractivity contribution in [2.75, 3.05) is 5.75 Å². The Morgan fingerprint density at radius 1 is 1.42 bits per heavy atom. The first kappa shape index (κ1) is 18.1. The summed E-state index contributed by atoms with van der Waals surface area (Å²) >= 11 is 1.22. The maximum Gasteiger partial charge on any atom is 0.309 e. The minimum absolute atomic E-state index is 0.0275. The highest BCUT2D eigenvalue weighted by molar-refractivity contribution is 7.99. The van der Waals surface area contributed by atoms with Crippen LogP contribution in [0.3, 0.4) is 0 Å². The molecule has 1 aliphatic rings. The van der Waals surface area contributed by atoms with Crippen LogP contribution in [-0.2, 0) is 16.8 Å². The van der Waals surface area contributed by atoms with E-state index in [1.165, 1.54) is 16.3 Å². The number of aliphatic carboxylic acids is 1. The van der Waals surface area contributed by atoms with E-state index in [0.29, 0.717) is 16.5 Å². The average molecular weight is 370 g/mol. The maximum absolute atomic E-state index is 12.7. The third-order valence-corrected chi connectivity index (χ3v) is 5.36. The average Bonchev–Trinajstić information content (AvgIpc) is 2.60. The Hall–Kier alpha value is -2.66. The lowest BCUT2D eigenvalue weighted by molar-refractivity contribution is -0.141. The first-order valence-electron chi connectivity index (χ1n) is 8.10. The second kappa shape index (κ2) is 6.57. The van der Waals surface area contributed by atoms with E-state index in [4.69, 9.17) is 0 Å². The predicted molar refractivity (Wildman–Crippen MR) is 97.0 cm³/mol. The van der Waals surface area contributed by atoms with Gasteiger partial charge in [0.25, 0.3) is 5.56 Å². The number of hydrogen-bond donors (Lipinski definition) is 1. The van der Waals surface area contributed by atoms with Crippen molar-refractivity contribution in [2.24, 2.45) is 5.92 Å². The van der Waals surface area contributed by atoms with E-state index >= 15 is 0 Å². The minimum atomic E-state index is -0.959. The number of thioether (sulfide) groups is 1. The van der Waals surface area contributed by atoms with Crippen LogP contribution in [0.4, 0.5) is 0 Å². The Bertz CT molecular complexity index is 968. The summed E-state index contributed by atoms with van der Waals surface area (Å²) < 4.78 is 1.28. The summed E-state index contributed by atoms with van der Waals surface area (Å²) in [4.78, 5) is 32.8. The van der Waals surface area contributed by atoms with Gasteiger partial charge < -0.3 is 5.11 Å². The number of carboxylic acid groups (broad SMARTS) is 1. The number of rotatable bonds is 2. The van der Waals surface area contributed by atoms with Crippen molar-refractivity contribution in [3.63, 3.8) is 0 Å². The van der Waals surface area contributed by atoms with E-state index < -0.39 is 17.4 Å². The van der Waals surface area contributed by atoms with Crippen LogP contribution in [-0.4, -0.2) is 31.4 Å². The topological polar surface area (TPSA) is 109 Å². The lowest BCUT2D eigenvalue weighted by Crippen LogP contribution is -2.35. The van der Waals surface area contributed by atoms with Crippen LogP contribution < -0.4 is 5.56 Å². The van der Waals surface area contributed by atoms with Crippen molar-refractivity contribution in [2.45, 2.75) is 37.9 Å². The molecule has 0 fully saturated rings. The van der Waals surface area contributed by atoms with Crippen LogP contribution in [0.5, 0.6) is 0 Å². The number of carboxylic acids is 1. The van der Waals surface area contributed by atoms with E-state index in [2.05, 4.69) is 30.7 Å². The van der Waals surface area contributed by atoms with Gasteiger partial charge in [-0.25, -0.2) is 4.98 Å². The summed E-state index contributed by atoms with van der Waals surface area (Å²) in [6.45, 7) is 6.18. The van der Waals surface area contributed by atoms with Gasteiger partial charge in [0.1, 0.15) is 11.6 Å². The van der Waals surface area contributed by atoms with Crippen LogP contribution in [0.25, 0.3) is 11.3 Å². The molecular formula is C18H18N4O3S. The molecule has 1 unspecified atom stereocenters. The monoisotopic (exact) mass is 370 g/mol. The zero-order valence-electron chi connectivity index (χ0n) is 14.7. The largest absolute Gasteiger partial charge is 0.481 e. The van der Waals surface area contributed by atoms with Crippen LogP contribution in [0.1, 0.15) is 32.0 Å². The lowest BCUT2D eigenvalue weighted by atomic mass is 9.91. The van der Waals surface area contributed by atoms with Crippen LogP contribution in [0.2, 0.25) is 0 Å². The molecule has 26 heavy (non-hydrogen) atoms. The van der Waals surface area contributed by atoms with Gasteiger partial charge in [0.2, 0.25) is 0 Å². The van der Waals surface area contributed by atoms with Crippen molar-refractivity contribution in [3.8, 4) is 17.3 Å². The molecule has 0 saturated carbocycles. The molecule has 8 heteroatoms. The van der Waals surface area contributed by atoms with Gasteiger partial charge in [0, 0.05) is 35.2 Å². The van der Waals surface area contributed by atoms with Gasteiger partial charge in [-0.15, -0.1) is 0 Å². The smallest absolute Gasteiger partial charge is 0.309 e. The van der Waals surface area contributed by atoms with Crippen molar-refractivity contribution in [1.82, 2.24) is 14.5 Å². The number of carbonyl (C=O) groups is 1. The highest BCUT2D eigenvalue weighted by Gasteiger charge is 2.29. The number of nitrogens with zero attached hydrogens (tertiary/aromatic N) is 4. The second-order valence-corrected chi connectivity index (χ2v) is 8.16. The van der Waals surface area contributed by atoms with Crippen LogP contribution in [0.15, 0.2) is 28.3 Å². The molecule has 0 aliphatic carbocycles. The molecule has 0 saturated heterocycles. The summed E-state index contributed by atoms with van der Waals surface area (Å²) in [5.41, 5.74) is 1.07. The number of nitriles is 1. The third-order valence-electron chi connectivity index (χ3n) is 4.22.